The normalized spacial score (nSPS) is 24.3. The summed E-state index contributed by atoms with van der Waals surface area (Å²) < 4.78 is 0. The van der Waals surface area contributed by atoms with Crippen molar-refractivity contribution in [2.75, 3.05) is 45.8 Å². The van der Waals surface area contributed by atoms with E-state index in [9.17, 15) is 14.4 Å². The summed E-state index contributed by atoms with van der Waals surface area (Å²) in [7, 11) is 0. The number of nitrogens with zero attached hydrogens (tertiary/aromatic N) is 2. The van der Waals surface area contributed by atoms with Crippen LogP contribution in [0.25, 0.3) is 0 Å². The van der Waals surface area contributed by atoms with Crippen molar-refractivity contribution in [1.29, 1.82) is 0 Å². The summed E-state index contributed by atoms with van der Waals surface area (Å²) in [6, 6.07) is -0.895. The summed E-state index contributed by atoms with van der Waals surface area (Å²) in [5.41, 5.74) is 0. The number of piperazine rings is 1. The van der Waals surface area contributed by atoms with Crippen LogP contribution in [0.1, 0.15) is 12.8 Å². The van der Waals surface area contributed by atoms with Gasteiger partial charge in [0.15, 0.2) is 0 Å². The highest BCUT2D eigenvalue weighted by molar-refractivity contribution is 5.92. The zero-order chi connectivity index (χ0) is 15.2. The molecule has 0 saturated carbocycles. The molecule has 2 rings (SSSR count). The van der Waals surface area contributed by atoms with E-state index >= 15 is 0 Å². The van der Waals surface area contributed by atoms with E-state index in [1.807, 2.05) is 4.90 Å². The standard InChI is InChI=1S/C13H22N4O4/c18-11(9-16-5-1-2-14-3-6-16)17-7-4-15-13(21)10(17)8-12(19)20/h10,14H,1-9H2,(H,15,21)(H,19,20). The van der Waals surface area contributed by atoms with E-state index in [0.717, 1.165) is 32.6 Å². The van der Waals surface area contributed by atoms with Crippen LogP contribution in [0.4, 0.5) is 0 Å². The van der Waals surface area contributed by atoms with Crippen LogP contribution in [0, 0.1) is 0 Å². The van der Waals surface area contributed by atoms with E-state index < -0.39 is 12.0 Å². The zero-order valence-corrected chi connectivity index (χ0v) is 12.0. The Morgan fingerprint density at radius 3 is 2.76 bits per heavy atom. The lowest BCUT2D eigenvalue weighted by Crippen LogP contribution is -2.59. The van der Waals surface area contributed by atoms with Gasteiger partial charge in [0.2, 0.25) is 11.8 Å². The Hall–Kier alpha value is -1.67. The summed E-state index contributed by atoms with van der Waals surface area (Å²) in [5.74, 6) is -1.62. The molecule has 8 heteroatoms. The summed E-state index contributed by atoms with van der Waals surface area (Å²) in [6.45, 7) is 4.39. The zero-order valence-electron chi connectivity index (χ0n) is 12.0. The minimum Gasteiger partial charge on any atom is -0.481 e. The van der Waals surface area contributed by atoms with Crippen LogP contribution in [0.5, 0.6) is 0 Å². The Morgan fingerprint density at radius 2 is 2.00 bits per heavy atom. The van der Waals surface area contributed by atoms with Crippen LogP contribution in [0.2, 0.25) is 0 Å². The maximum atomic E-state index is 12.4. The second kappa shape index (κ2) is 7.37. The van der Waals surface area contributed by atoms with Crippen molar-refractivity contribution in [3.8, 4) is 0 Å². The molecule has 2 saturated heterocycles. The average Bonchev–Trinajstić information content (AvgIpc) is 2.69. The van der Waals surface area contributed by atoms with Gasteiger partial charge in [-0.3, -0.25) is 19.3 Å². The van der Waals surface area contributed by atoms with E-state index in [-0.39, 0.29) is 24.8 Å². The fraction of sp³-hybridized carbons (Fsp3) is 0.769. The molecule has 1 atom stereocenters. The minimum absolute atomic E-state index is 0.169. The maximum absolute atomic E-state index is 12.4. The molecule has 1 unspecified atom stereocenters. The van der Waals surface area contributed by atoms with Gasteiger partial charge in [-0.15, -0.1) is 0 Å². The number of carbonyl (C=O) groups is 3. The largest absolute Gasteiger partial charge is 0.481 e. The first-order valence-corrected chi connectivity index (χ1v) is 7.30. The molecule has 118 valence electrons. The number of rotatable bonds is 4. The number of amides is 2. The third kappa shape index (κ3) is 4.40. The Kier molecular flexibility index (Phi) is 5.51. The van der Waals surface area contributed by atoms with Crippen molar-refractivity contribution in [2.45, 2.75) is 18.9 Å². The fourth-order valence-electron chi connectivity index (χ4n) is 2.72. The Balaban J connectivity index is 1.97. The lowest BCUT2D eigenvalue weighted by molar-refractivity contribution is -0.149. The highest BCUT2D eigenvalue weighted by Crippen LogP contribution is 2.10. The lowest BCUT2D eigenvalue weighted by Gasteiger charge is -2.35. The van der Waals surface area contributed by atoms with Crippen LogP contribution in [-0.4, -0.2) is 84.5 Å². The average molecular weight is 298 g/mol. The van der Waals surface area contributed by atoms with Crippen LogP contribution < -0.4 is 10.6 Å². The van der Waals surface area contributed by atoms with Crippen molar-refractivity contribution in [2.24, 2.45) is 0 Å². The van der Waals surface area contributed by atoms with Crippen molar-refractivity contribution in [1.82, 2.24) is 20.4 Å². The molecule has 0 aromatic rings. The summed E-state index contributed by atoms with van der Waals surface area (Å²) in [4.78, 5) is 38.5. The van der Waals surface area contributed by atoms with E-state index in [4.69, 9.17) is 5.11 Å². The molecule has 2 fully saturated rings. The van der Waals surface area contributed by atoms with Gasteiger partial charge in [-0.25, -0.2) is 0 Å². The second-order valence-electron chi connectivity index (χ2n) is 5.37. The topological polar surface area (TPSA) is 102 Å². The number of carbonyl (C=O) groups excluding carboxylic acids is 2. The van der Waals surface area contributed by atoms with Gasteiger partial charge in [0.1, 0.15) is 6.04 Å². The van der Waals surface area contributed by atoms with Gasteiger partial charge in [0.25, 0.3) is 0 Å². The molecule has 0 radical (unpaired) electrons. The molecule has 0 spiro atoms. The van der Waals surface area contributed by atoms with Crippen LogP contribution in [0.3, 0.4) is 0 Å². The predicted molar refractivity (Wildman–Crippen MR) is 74.7 cm³/mol. The van der Waals surface area contributed by atoms with E-state index in [0.29, 0.717) is 13.1 Å². The third-order valence-electron chi connectivity index (χ3n) is 3.81. The molecule has 0 aromatic heterocycles. The minimum atomic E-state index is -1.08. The maximum Gasteiger partial charge on any atom is 0.305 e. The Bertz CT molecular complexity index is 407. The number of nitrogens with one attached hydrogen (secondary N) is 2. The summed E-state index contributed by atoms with van der Waals surface area (Å²) >= 11 is 0. The van der Waals surface area contributed by atoms with E-state index in [1.54, 1.807) is 0 Å². The number of hydrogen-bond acceptors (Lipinski definition) is 5. The van der Waals surface area contributed by atoms with Gasteiger partial charge >= 0.3 is 5.97 Å². The van der Waals surface area contributed by atoms with Crippen molar-refractivity contribution in [3.63, 3.8) is 0 Å². The van der Waals surface area contributed by atoms with Gasteiger partial charge in [0, 0.05) is 26.2 Å². The highest BCUT2D eigenvalue weighted by Gasteiger charge is 2.35. The molecule has 2 aliphatic heterocycles. The molecule has 0 aromatic carbocycles. The molecule has 3 N–H and O–H groups in total. The number of aliphatic carboxylic acids is 1. The Labute approximate surface area is 123 Å². The van der Waals surface area contributed by atoms with Gasteiger partial charge in [-0.1, -0.05) is 0 Å². The quantitative estimate of drug-likeness (QED) is 0.559. The second-order valence-corrected chi connectivity index (χ2v) is 5.37. The SMILES string of the molecule is O=C(O)CC1C(=O)NCCN1C(=O)CN1CCCNCC1. The monoisotopic (exact) mass is 298 g/mol. The molecule has 2 heterocycles. The van der Waals surface area contributed by atoms with Crippen molar-refractivity contribution >= 4 is 17.8 Å². The van der Waals surface area contributed by atoms with Gasteiger partial charge in [-0.2, -0.15) is 0 Å². The number of carboxylic acid groups (broad SMARTS) is 1. The molecule has 0 aliphatic carbocycles. The first kappa shape index (κ1) is 15.7. The lowest BCUT2D eigenvalue weighted by atomic mass is 10.1. The molecule has 0 bridgehead atoms. The third-order valence-corrected chi connectivity index (χ3v) is 3.81. The first-order valence-electron chi connectivity index (χ1n) is 7.30. The van der Waals surface area contributed by atoms with Crippen molar-refractivity contribution < 1.29 is 19.5 Å². The Morgan fingerprint density at radius 1 is 1.19 bits per heavy atom. The van der Waals surface area contributed by atoms with Crippen LogP contribution >= 0.6 is 0 Å². The van der Waals surface area contributed by atoms with E-state index in [1.165, 1.54) is 4.90 Å². The van der Waals surface area contributed by atoms with Crippen molar-refractivity contribution in [3.05, 3.63) is 0 Å². The van der Waals surface area contributed by atoms with Crippen LogP contribution in [0.15, 0.2) is 0 Å². The molecule has 2 aliphatic rings. The number of hydrogen-bond donors (Lipinski definition) is 3. The molecular weight excluding hydrogens is 276 g/mol. The number of carboxylic acids is 1. The smallest absolute Gasteiger partial charge is 0.305 e. The first-order chi connectivity index (χ1) is 10.1. The van der Waals surface area contributed by atoms with Gasteiger partial charge in [0.05, 0.1) is 13.0 Å². The fourth-order valence-corrected chi connectivity index (χ4v) is 2.72. The summed E-state index contributed by atoms with van der Waals surface area (Å²) in [5, 5.41) is 14.8. The van der Waals surface area contributed by atoms with Gasteiger partial charge in [-0.05, 0) is 19.5 Å². The molecule has 21 heavy (non-hydrogen) atoms. The molecule has 2 amide bonds. The summed E-state index contributed by atoms with van der Waals surface area (Å²) in [6.07, 6.45) is 0.630. The van der Waals surface area contributed by atoms with Gasteiger partial charge < -0.3 is 20.6 Å². The molecular formula is C13H22N4O4. The highest BCUT2D eigenvalue weighted by atomic mass is 16.4. The predicted octanol–water partition coefficient (Wildman–Crippen LogP) is -1.92. The van der Waals surface area contributed by atoms with E-state index in [2.05, 4.69) is 10.6 Å². The molecule has 8 nitrogen and oxygen atoms in total. The van der Waals surface area contributed by atoms with Crippen LogP contribution in [-0.2, 0) is 14.4 Å².